The molecule has 0 radical (unpaired) electrons. The summed E-state index contributed by atoms with van der Waals surface area (Å²) in [4.78, 5) is 11.6. The maximum absolute atomic E-state index is 12.0. The molecule has 7 heteroatoms. The summed E-state index contributed by atoms with van der Waals surface area (Å²) in [7, 11) is -3.59. The summed E-state index contributed by atoms with van der Waals surface area (Å²) in [6.07, 6.45) is 0.113. The smallest absolute Gasteiger partial charge is 0.241 e. The van der Waals surface area contributed by atoms with E-state index in [1.165, 1.54) is 6.07 Å². The normalized spacial score (nSPS) is 11.6. The van der Waals surface area contributed by atoms with E-state index >= 15 is 0 Å². The maximum atomic E-state index is 12.0. The van der Waals surface area contributed by atoms with E-state index in [9.17, 15) is 13.2 Å². The molecule has 0 spiro atoms. The fourth-order valence-corrected chi connectivity index (χ4v) is 3.47. The fraction of sp³-hybridized carbons (Fsp3) is 0.417. The molecule has 106 valence electrons. The van der Waals surface area contributed by atoms with Crippen molar-refractivity contribution in [2.75, 3.05) is 6.54 Å². The molecule has 0 bridgehead atoms. The van der Waals surface area contributed by atoms with Gasteiger partial charge in [0.2, 0.25) is 15.9 Å². The van der Waals surface area contributed by atoms with Crippen LogP contribution in [0.1, 0.15) is 20.3 Å². The van der Waals surface area contributed by atoms with Gasteiger partial charge in [-0.05, 0) is 41.9 Å². The molecule has 0 heterocycles. The molecule has 5 nitrogen and oxygen atoms in total. The van der Waals surface area contributed by atoms with Gasteiger partial charge in [0.25, 0.3) is 0 Å². The van der Waals surface area contributed by atoms with Gasteiger partial charge in [-0.1, -0.05) is 12.1 Å². The number of hydrogen-bond acceptors (Lipinski definition) is 3. The van der Waals surface area contributed by atoms with Crippen molar-refractivity contribution in [1.82, 2.24) is 10.0 Å². The third kappa shape index (κ3) is 5.30. The first-order valence-corrected chi connectivity index (χ1v) is 8.14. The lowest BCUT2D eigenvalue weighted by Gasteiger charge is -2.10. The highest BCUT2D eigenvalue weighted by molar-refractivity contribution is 9.10. The number of nitrogens with one attached hydrogen (secondary N) is 2. The predicted molar refractivity (Wildman–Crippen MR) is 77.2 cm³/mol. The van der Waals surface area contributed by atoms with Crippen LogP contribution in [0, 0.1) is 0 Å². The molecule has 0 aliphatic carbocycles. The standard InChI is InChI=1S/C12H17BrN2O3S/c1-9(2)15-12(16)7-8-14-19(17,18)11-6-4-3-5-10(11)13/h3-6,9,14H,7-8H2,1-2H3,(H,15,16). The van der Waals surface area contributed by atoms with Gasteiger partial charge < -0.3 is 5.32 Å². The fourth-order valence-electron chi connectivity index (χ4n) is 1.43. The van der Waals surface area contributed by atoms with Crippen LogP contribution in [0.5, 0.6) is 0 Å². The zero-order chi connectivity index (χ0) is 14.5. The highest BCUT2D eigenvalue weighted by atomic mass is 79.9. The summed E-state index contributed by atoms with van der Waals surface area (Å²) in [5.41, 5.74) is 0. The van der Waals surface area contributed by atoms with Crippen LogP contribution in [0.4, 0.5) is 0 Å². The molecule has 1 aromatic carbocycles. The van der Waals surface area contributed by atoms with Crippen LogP contribution in [0.15, 0.2) is 33.6 Å². The number of rotatable bonds is 6. The van der Waals surface area contributed by atoms with Crippen molar-refractivity contribution in [1.29, 1.82) is 0 Å². The van der Waals surface area contributed by atoms with Crippen LogP contribution < -0.4 is 10.0 Å². The zero-order valence-corrected chi connectivity index (χ0v) is 13.2. The Bertz CT molecular complexity index is 544. The summed E-state index contributed by atoms with van der Waals surface area (Å²) < 4.78 is 26.9. The average molecular weight is 349 g/mol. The van der Waals surface area contributed by atoms with Crippen LogP contribution in [-0.4, -0.2) is 26.9 Å². The van der Waals surface area contributed by atoms with Crippen molar-refractivity contribution in [3.63, 3.8) is 0 Å². The van der Waals surface area contributed by atoms with E-state index < -0.39 is 10.0 Å². The minimum absolute atomic E-state index is 0.0485. The van der Waals surface area contributed by atoms with Gasteiger partial charge in [0.1, 0.15) is 0 Å². The van der Waals surface area contributed by atoms with Crippen LogP contribution in [-0.2, 0) is 14.8 Å². The van der Waals surface area contributed by atoms with Gasteiger partial charge in [-0.25, -0.2) is 13.1 Å². The van der Waals surface area contributed by atoms with Crippen molar-refractivity contribution in [2.45, 2.75) is 31.2 Å². The summed E-state index contributed by atoms with van der Waals surface area (Å²) in [6, 6.07) is 6.58. The second-order valence-corrected chi connectivity index (χ2v) is 6.89. The summed E-state index contributed by atoms with van der Waals surface area (Å²) in [6.45, 7) is 3.77. The van der Waals surface area contributed by atoms with Gasteiger partial charge in [0.15, 0.2) is 0 Å². The molecule has 0 saturated carbocycles. The average Bonchev–Trinajstić information content (AvgIpc) is 2.27. The van der Waals surface area contributed by atoms with E-state index in [4.69, 9.17) is 0 Å². The van der Waals surface area contributed by atoms with Gasteiger partial charge in [-0.3, -0.25) is 4.79 Å². The topological polar surface area (TPSA) is 75.3 Å². The van der Waals surface area contributed by atoms with Crippen molar-refractivity contribution >= 4 is 31.9 Å². The minimum atomic E-state index is -3.59. The Balaban J connectivity index is 2.58. The van der Waals surface area contributed by atoms with Crippen LogP contribution in [0.3, 0.4) is 0 Å². The van der Waals surface area contributed by atoms with E-state index in [1.54, 1.807) is 18.2 Å². The third-order valence-electron chi connectivity index (χ3n) is 2.22. The SMILES string of the molecule is CC(C)NC(=O)CCNS(=O)(=O)c1ccccc1Br. The predicted octanol–water partition coefficient (Wildman–Crippen LogP) is 1.64. The van der Waals surface area contributed by atoms with Crippen molar-refractivity contribution in [2.24, 2.45) is 0 Å². The highest BCUT2D eigenvalue weighted by Gasteiger charge is 2.16. The quantitative estimate of drug-likeness (QED) is 0.820. The van der Waals surface area contributed by atoms with Crippen molar-refractivity contribution in [3.8, 4) is 0 Å². The van der Waals surface area contributed by atoms with Crippen LogP contribution in [0.25, 0.3) is 0 Å². The van der Waals surface area contributed by atoms with Gasteiger partial charge >= 0.3 is 0 Å². The Kier molecular flexibility index (Phi) is 5.96. The molecular weight excluding hydrogens is 332 g/mol. The number of sulfonamides is 1. The third-order valence-corrected chi connectivity index (χ3v) is 4.69. The molecule has 0 aliphatic heterocycles. The molecule has 0 atom stereocenters. The van der Waals surface area contributed by atoms with E-state index in [2.05, 4.69) is 26.0 Å². The van der Waals surface area contributed by atoms with E-state index in [1.807, 2.05) is 13.8 Å². The van der Waals surface area contributed by atoms with Crippen molar-refractivity contribution < 1.29 is 13.2 Å². The monoisotopic (exact) mass is 348 g/mol. The summed E-state index contributed by atoms with van der Waals surface area (Å²) in [5, 5.41) is 2.70. The Morgan fingerprint density at radius 1 is 1.32 bits per heavy atom. The second kappa shape index (κ2) is 7.02. The molecule has 0 saturated heterocycles. The number of hydrogen-bond donors (Lipinski definition) is 2. The first-order valence-electron chi connectivity index (χ1n) is 5.86. The molecule has 1 amide bonds. The van der Waals surface area contributed by atoms with E-state index in [0.717, 1.165) is 0 Å². The highest BCUT2D eigenvalue weighted by Crippen LogP contribution is 2.20. The summed E-state index contributed by atoms with van der Waals surface area (Å²) in [5.74, 6) is -0.176. The summed E-state index contributed by atoms with van der Waals surface area (Å²) >= 11 is 3.19. The largest absolute Gasteiger partial charge is 0.354 e. The van der Waals surface area contributed by atoms with Gasteiger partial charge in [0, 0.05) is 23.5 Å². The van der Waals surface area contributed by atoms with Crippen molar-refractivity contribution in [3.05, 3.63) is 28.7 Å². The number of amides is 1. The number of halogens is 1. The Morgan fingerprint density at radius 3 is 2.53 bits per heavy atom. The first kappa shape index (κ1) is 16.1. The molecule has 0 unspecified atom stereocenters. The number of carbonyl (C=O) groups is 1. The molecular formula is C12H17BrN2O3S. The molecule has 2 N–H and O–H groups in total. The van der Waals surface area contributed by atoms with E-state index in [-0.39, 0.29) is 29.8 Å². The lowest BCUT2D eigenvalue weighted by Crippen LogP contribution is -2.34. The Morgan fingerprint density at radius 2 is 1.95 bits per heavy atom. The number of benzene rings is 1. The zero-order valence-electron chi connectivity index (χ0n) is 10.8. The minimum Gasteiger partial charge on any atom is -0.354 e. The van der Waals surface area contributed by atoms with Gasteiger partial charge in [0.05, 0.1) is 4.90 Å². The first-order chi connectivity index (χ1) is 8.83. The van der Waals surface area contributed by atoms with Crippen LogP contribution in [0.2, 0.25) is 0 Å². The van der Waals surface area contributed by atoms with Gasteiger partial charge in [-0.2, -0.15) is 0 Å². The molecule has 19 heavy (non-hydrogen) atoms. The Labute approximate surface area is 122 Å². The molecule has 1 aromatic rings. The lowest BCUT2D eigenvalue weighted by atomic mass is 10.3. The second-order valence-electron chi connectivity index (χ2n) is 4.30. The molecule has 0 aromatic heterocycles. The van der Waals surface area contributed by atoms with Crippen LogP contribution >= 0.6 is 15.9 Å². The molecule has 1 rings (SSSR count). The lowest BCUT2D eigenvalue weighted by molar-refractivity contribution is -0.121. The number of carbonyl (C=O) groups excluding carboxylic acids is 1. The molecule has 0 fully saturated rings. The maximum Gasteiger partial charge on any atom is 0.241 e. The molecule has 0 aliphatic rings. The van der Waals surface area contributed by atoms with Gasteiger partial charge in [-0.15, -0.1) is 0 Å². The Hall–Kier alpha value is -0.920. The van der Waals surface area contributed by atoms with E-state index in [0.29, 0.717) is 4.47 Å².